The summed E-state index contributed by atoms with van der Waals surface area (Å²) in [6, 6.07) is 9.51. The lowest BCUT2D eigenvalue weighted by Gasteiger charge is -2.62. The maximum Gasteiger partial charge on any atom is 0.338 e. The number of fused-ring (bicyclic) bond motifs is 7. The molecule has 1 aromatic rings. The first kappa shape index (κ1) is 30.1. The lowest BCUT2D eigenvalue weighted by molar-refractivity contribution is -0.181. The van der Waals surface area contributed by atoms with Gasteiger partial charge in [-0.15, -0.1) is 0 Å². The van der Waals surface area contributed by atoms with Gasteiger partial charge in [0, 0.05) is 12.3 Å². The van der Waals surface area contributed by atoms with Crippen molar-refractivity contribution in [1.82, 2.24) is 0 Å². The molecule has 6 rings (SSSR count). The predicted octanol–water partition coefficient (Wildman–Crippen LogP) is 6.80. The molecule has 4 saturated carbocycles. The molecule has 5 aliphatic rings. The number of hydrogen-bond acceptors (Lipinski definition) is 6. The van der Waals surface area contributed by atoms with Crippen molar-refractivity contribution in [3.63, 3.8) is 0 Å². The molecule has 1 heterocycles. The highest BCUT2D eigenvalue weighted by Crippen LogP contribution is 2.70. The van der Waals surface area contributed by atoms with Crippen molar-refractivity contribution in [2.75, 3.05) is 6.54 Å². The Kier molecular flexibility index (Phi) is 8.28. The number of carbonyl (C=O) groups is 2. The lowest BCUT2D eigenvalue weighted by Crippen LogP contribution is -2.60. The highest BCUT2D eigenvalue weighted by molar-refractivity contribution is 5.89. The van der Waals surface area contributed by atoms with E-state index in [4.69, 9.17) is 19.9 Å². The Morgan fingerprint density at radius 2 is 1.81 bits per heavy atom. The third kappa shape index (κ3) is 5.02. The van der Waals surface area contributed by atoms with Gasteiger partial charge in [0.05, 0.1) is 17.8 Å². The van der Waals surface area contributed by atoms with Crippen molar-refractivity contribution >= 4 is 11.9 Å². The Morgan fingerprint density at radius 3 is 2.52 bits per heavy atom. The van der Waals surface area contributed by atoms with Gasteiger partial charge in [-0.05, 0) is 123 Å². The van der Waals surface area contributed by atoms with Crippen LogP contribution in [0, 0.1) is 52.3 Å². The summed E-state index contributed by atoms with van der Waals surface area (Å²) in [4.78, 5) is 25.4. The molecule has 1 aromatic carbocycles. The van der Waals surface area contributed by atoms with Crippen LogP contribution in [0.25, 0.3) is 0 Å². The predicted molar refractivity (Wildman–Crippen MR) is 162 cm³/mol. The van der Waals surface area contributed by atoms with Crippen molar-refractivity contribution in [2.24, 2.45) is 58.0 Å². The van der Waals surface area contributed by atoms with Crippen molar-refractivity contribution in [3.05, 3.63) is 35.9 Å². The van der Waals surface area contributed by atoms with Gasteiger partial charge in [-0.2, -0.15) is 0 Å². The maximum absolute atomic E-state index is 13.6. The fourth-order valence-electron chi connectivity index (χ4n) is 11.0. The summed E-state index contributed by atoms with van der Waals surface area (Å²) in [6.07, 6.45) is 9.90. The smallest absolute Gasteiger partial charge is 0.338 e. The number of hydrogen-bond donors (Lipinski definition) is 1. The Hall–Kier alpha value is -1.92. The zero-order valence-corrected chi connectivity index (χ0v) is 26.4. The van der Waals surface area contributed by atoms with E-state index in [-0.39, 0.29) is 47.2 Å². The summed E-state index contributed by atoms with van der Waals surface area (Å²) in [5.74, 6) is 3.09. The van der Waals surface area contributed by atoms with Crippen LogP contribution in [-0.2, 0) is 19.0 Å². The van der Waals surface area contributed by atoms with Gasteiger partial charge in [0.2, 0.25) is 0 Å². The molecule has 0 spiro atoms. The van der Waals surface area contributed by atoms with Gasteiger partial charge in [0.25, 0.3) is 0 Å². The van der Waals surface area contributed by atoms with E-state index in [0.717, 1.165) is 51.5 Å². The van der Waals surface area contributed by atoms with Crippen molar-refractivity contribution in [2.45, 2.75) is 117 Å². The zero-order valence-electron chi connectivity index (χ0n) is 26.4. The Labute approximate surface area is 252 Å². The van der Waals surface area contributed by atoms with Gasteiger partial charge in [-0.25, -0.2) is 4.79 Å². The van der Waals surface area contributed by atoms with Crippen LogP contribution in [0.4, 0.5) is 0 Å². The van der Waals surface area contributed by atoms with Crippen LogP contribution in [0.5, 0.6) is 0 Å². The van der Waals surface area contributed by atoms with E-state index in [1.54, 1.807) is 0 Å². The molecule has 1 saturated heterocycles. The molecule has 0 radical (unpaired) electrons. The molecule has 0 unspecified atom stereocenters. The number of ether oxygens (including phenoxy) is 3. The monoisotopic (exact) mass is 579 g/mol. The van der Waals surface area contributed by atoms with Crippen LogP contribution in [0.2, 0.25) is 0 Å². The van der Waals surface area contributed by atoms with Gasteiger partial charge < -0.3 is 19.9 Å². The SMILES string of the molecule is CC(=O)O[C@H]1CC[C@@]2(C)[C@@H](CC[C@@H]3[C@@H]2C[C@@H](OC(=O)c2ccccc2)[C@]2(C)[C@H]4[C@H](C)[C@@H](CC[C@@H](C)CN)O[C@H]4C[C@@H]32)C1. The first-order valence-electron chi connectivity index (χ1n) is 16.8. The van der Waals surface area contributed by atoms with E-state index in [1.807, 2.05) is 30.3 Å². The van der Waals surface area contributed by atoms with Crippen LogP contribution < -0.4 is 5.73 Å². The van der Waals surface area contributed by atoms with Crippen LogP contribution in [0.3, 0.4) is 0 Å². The fourth-order valence-corrected chi connectivity index (χ4v) is 11.0. The summed E-state index contributed by atoms with van der Waals surface area (Å²) in [7, 11) is 0. The minimum absolute atomic E-state index is 0.0386. The molecular formula is C36H53NO5. The van der Waals surface area contributed by atoms with Crippen molar-refractivity contribution in [3.8, 4) is 0 Å². The summed E-state index contributed by atoms with van der Waals surface area (Å²) >= 11 is 0. The summed E-state index contributed by atoms with van der Waals surface area (Å²) < 4.78 is 19.3. The molecule has 42 heavy (non-hydrogen) atoms. The van der Waals surface area contributed by atoms with Crippen molar-refractivity contribution < 1.29 is 23.8 Å². The molecule has 1 aliphatic heterocycles. The standard InChI is InChI=1S/C36H53NO5/c1-21(20-37)11-14-30-22(2)33-31(41-30)18-29-27-13-12-25-17-26(40-23(3)38)15-16-35(25,4)28(27)19-32(36(29,33)5)42-34(39)24-9-7-6-8-10-24/h6-10,21-22,25-33H,11-20,37H2,1-5H3/t21-,22-,25+,26+,27-,28+,29+,30-,31+,32-,33+,35+,36-/m1/s1. The van der Waals surface area contributed by atoms with Gasteiger partial charge >= 0.3 is 11.9 Å². The lowest BCUT2D eigenvalue weighted by atomic mass is 9.43. The Bertz CT molecular complexity index is 1140. The number of rotatable bonds is 7. The van der Waals surface area contributed by atoms with Crippen molar-refractivity contribution in [1.29, 1.82) is 0 Å². The van der Waals surface area contributed by atoms with Gasteiger partial charge in [0.15, 0.2) is 0 Å². The molecule has 0 aromatic heterocycles. The largest absolute Gasteiger partial charge is 0.463 e. The molecule has 2 N–H and O–H groups in total. The van der Waals surface area contributed by atoms with E-state index in [1.165, 1.54) is 19.8 Å². The number of benzene rings is 1. The zero-order chi connectivity index (χ0) is 29.8. The Balaban J connectivity index is 1.30. The van der Waals surface area contributed by atoms with E-state index >= 15 is 0 Å². The molecule has 13 atom stereocenters. The Morgan fingerprint density at radius 1 is 1.05 bits per heavy atom. The average molecular weight is 580 g/mol. The van der Waals surface area contributed by atoms with Gasteiger partial charge in [-0.1, -0.05) is 45.9 Å². The summed E-state index contributed by atoms with van der Waals surface area (Å²) in [5.41, 5.74) is 6.64. The number of nitrogens with two attached hydrogens (primary N) is 1. The maximum atomic E-state index is 13.6. The minimum atomic E-state index is -0.196. The van der Waals surface area contributed by atoms with Gasteiger partial charge in [-0.3, -0.25) is 4.79 Å². The third-order valence-electron chi connectivity index (χ3n) is 13.2. The van der Waals surface area contributed by atoms with Crippen LogP contribution in [-0.4, -0.2) is 42.9 Å². The average Bonchev–Trinajstić information content (AvgIpc) is 3.45. The topological polar surface area (TPSA) is 87.9 Å². The van der Waals surface area contributed by atoms with Crippen LogP contribution >= 0.6 is 0 Å². The highest BCUT2D eigenvalue weighted by atomic mass is 16.5. The van der Waals surface area contributed by atoms with E-state index in [2.05, 4.69) is 27.7 Å². The second kappa shape index (κ2) is 11.5. The second-order valence-corrected chi connectivity index (χ2v) is 15.3. The molecule has 232 valence electrons. The van der Waals surface area contributed by atoms with E-state index < -0.39 is 0 Å². The van der Waals surface area contributed by atoms with E-state index in [9.17, 15) is 9.59 Å². The molecule has 0 bridgehead atoms. The molecule has 6 heteroatoms. The first-order chi connectivity index (χ1) is 20.1. The summed E-state index contributed by atoms with van der Waals surface area (Å²) in [6.45, 7) is 11.8. The molecule has 5 fully saturated rings. The molecular weight excluding hydrogens is 526 g/mol. The number of carbonyl (C=O) groups excluding carboxylic acids is 2. The van der Waals surface area contributed by atoms with E-state index in [0.29, 0.717) is 47.0 Å². The van der Waals surface area contributed by atoms with Crippen LogP contribution in [0.1, 0.15) is 103 Å². The quantitative estimate of drug-likeness (QED) is 0.358. The molecule has 4 aliphatic carbocycles. The van der Waals surface area contributed by atoms with Crippen LogP contribution in [0.15, 0.2) is 30.3 Å². The fraction of sp³-hybridized carbons (Fsp3) is 0.778. The highest BCUT2D eigenvalue weighted by Gasteiger charge is 2.69. The normalized spacial score (nSPS) is 44.7. The van der Waals surface area contributed by atoms with Gasteiger partial charge in [0.1, 0.15) is 12.2 Å². The number of esters is 2. The molecule has 6 nitrogen and oxygen atoms in total. The minimum Gasteiger partial charge on any atom is -0.463 e. The third-order valence-corrected chi connectivity index (χ3v) is 13.2. The molecule has 0 amide bonds. The second-order valence-electron chi connectivity index (χ2n) is 15.3. The summed E-state index contributed by atoms with van der Waals surface area (Å²) in [5, 5.41) is 0. The first-order valence-corrected chi connectivity index (χ1v) is 16.8.